The number of halogens is 1. The van der Waals surface area contributed by atoms with E-state index < -0.39 is 12.2 Å². The predicted molar refractivity (Wildman–Crippen MR) is 59.0 cm³/mol. The molecule has 2 rings (SSSR count). The second-order valence-corrected chi connectivity index (χ2v) is 3.66. The number of nitrogens with zero attached hydrogens (tertiary/aromatic N) is 3. The fourth-order valence-electron chi connectivity index (χ4n) is 1.38. The minimum Gasteiger partial charge on any atom is -0.464 e. The predicted octanol–water partition coefficient (Wildman–Crippen LogP) is 1.54. The molecule has 2 aromatic rings. The summed E-state index contributed by atoms with van der Waals surface area (Å²) in [5, 5.41) is 18.9. The van der Waals surface area contributed by atoms with Gasteiger partial charge in [-0.3, -0.25) is 4.57 Å². The quantitative estimate of drug-likeness (QED) is 0.793. The Bertz CT molecular complexity index is 555. The van der Waals surface area contributed by atoms with Gasteiger partial charge in [0.25, 0.3) is 0 Å². The molecule has 6 nitrogen and oxygen atoms in total. The molecular weight excluding hydrogens is 246 g/mol. The fraction of sp³-hybridized carbons (Fsp3) is 0.100. The van der Waals surface area contributed by atoms with Gasteiger partial charge in [-0.15, -0.1) is 0 Å². The maximum atomic E-state index is 10.7. The molecule has 0 aromatic carbocycles. The van der Waals surface area contributed by atoms with Crippen LogP contribution in [0.1, 0.15) is 17.2 Å². The maximum Gasteiger partial charge on any atom is 0.415 e. The van der Waals surface area contributed by atoms with Gasteiger partial charge in [-0.2, -0.15) is 0 Å². The normalized spacial score (nSPS) is 12.4. The Balaban J connectivity index is 2.34. The van der Waals surface area contributed by atoms with Crippen LogP contribution in [0.25, 0.3) is 0 Å². The molecule has 88 valence electrons. The van der Waals surface area contributed by atoms with Crippen molar-refractivity contribution >= 4 is 17.7 Å². The van der Waals surface area contributed by atoms with Crippen LogP contribution >= 0.6 is 11.6 Å². The van der Waals surface area contributed by atoms with Crippen LogP contribution in [-0.4, -0.2) is 30.8 Å². The number of rotatable bonds is 2. The Kier molecular flexibility index (Phi) is 3.08. The van der Waals surface area contributed by atoms with Crippen LogP contribution in [0.4, 0.5) is 4.79 Å². The molecular formula is C10H8ClN3O3. The summed E-state index contributed by atoms with van der Waals surface area (Å²) >= 11 is 5.80. The summed E-state index contributed by atoms with van der Waals surface area (Å²) < 4.78 is 0.941. The summed E-state index contributed by atoms with van der Waals surface area (Å²) in [6, 6.07) is 1.49. The molecule has 0 spiro atoms. The van der Waals surface area contributed by atoms with Crippen LogP contribution in [0, 0.1) is 0 Å². The highest BCUT2D eigenvalue weighted by molar-refractivity contribution is 6.30. The van der Waals surface area contributed by atoms with E-state index >= 15 is 0 Å². The molecule has 0 amide bonds. The van der Waals surface area contributed by atoms with E-state index in [0.29, 0.717) is 11.1 Å². The molecule has 0 radical (unpaired) electrons. The van der Waals surface area contributed by atoms with E-state index in [1.54, 1.807) is 0 Å². The molecule has 1 unspecified atom stereocenters. The van der Waals surface area contributed by atoms with Gasteiger partial charge in [0.05, 0.1) is 0 Å². The second kappa shape index (κ2) is 4.52. The molecule has 0 fully saturated rings. The highest BCUT2D eigenvalue weighted by Crippen LogP contribution is 2.25. The lowest BCUT2D eigenvalue weighted by atomic mass is 10.1. The zero-order chi connectivity index (χ0) is 12.4. The summed E-state index contributed by atoms with van der Waals surface area (Å²) in [7, 11) is 0. The van der Waals surface area contributed by atoms with E-state index in [4.69, 9.17) is 16.7 Å². The van der Waals surface area contributed by atoms with E-state index in [2.05, 4.69) is 9.97 Å². The molecule has 0 bridgehead atoms. The second-order valence-electron chi connectivity index (χ2n) is 3.31. The molecule has 0 aliphatic heterocycles. The third-order valence-corrected chi connectivity index (χ3v) is 2.55. The first-order valence-electron chi connectivity index (χ1n) is 4.64. The minimum atomic E-state index is -1.13. The number of hydrogen-bond acceptors (Lipinski definition) is 4. The average Bonchev–Trinajstić information content (AvgIpc) is 2.78. The van der Waals surface area contributed by atoms with Crippen molar-refractivity contribution in [2.45, 2.75) is 6.10 Å². The first kappa shape index (κ1) is 11.6. The Morgan fingerprint density at radius 2 is 2.29 bits per heavy atom. The summed E-state index contributed by atoms with van der Waals surface area (Å²) in [5.41, 5.74) is 0.737. The Morgan fingerprint density at radius 1 is 1.53 bits per heavy atom. The van der Waals surface area contributed by atoms with Gasteiger partial charge in [0.1, 0.15) is 17.6 Å². The van der Waals surface area contributed by atoms with Gasteiger partial charge in [-0.1, -0.05) is 11.6 Å². The van der Waals surface area contributed by atoms with Gasteiger partial charge < -0.3 is 10.2 Å². The van der Waals surface area contributed by atoms with E-state index in [9.17, 15) is 9.90 Å². The Hall–Kier alpha value is -1.92. The molecule has 7 heteroatoms. The van der Waals surface area contributed by atoms with Crippen molar-refractivity contribution in [3.05, 3.63) is 47.3 Å². The molecule has 0 saturated carbocycles. The van der Waals surface area contributed by atoms with E-state index in [1.165, 1.54) is 31.0 Å². The van der Waals surface area contributed by atoms with E-state index in [1.807, 2.05) is 0 Å². The largest absolute Gasteiger partial charge is 0.464 e. The molecule has 2 aromatic heterocycles. The van der Waals surface area contributed by atoms with Gasteiger partial charge >= 0.3 is 6.09 Å². The van der Waals surface area contributed by atoms with Crippen LogP contribution in [0.5, 0.6) is 0 Å². The van der Waals surface area contributed by atoms with E-state index in [-0.39, 0.29) is 5.15 Å². The van der Waals surface area contributed by atoms with Crippen molar-refractivity contribution < 1.29 is 15.0 Å². The number of aliphatic hydroxyl groups excluding tert-OH is 1. The smallest absolute Gasteiger partial charge is 0.415 e. The highest BCUT2D eigenvalue weighted by atomic mass is 35.5. The standard InChI is InChI=1S/C10H8ClN3O3/c11-9-7(3-12-5-13-9)8(15)6-1-2-14(4-6)10(16)17/h1-5,8,15H,(H,16,17). The molecule has 2 N–H and O–H groups in total. The third-order valence-electron chi connectivity index (χ3n) is 2.24. The van der Waals surface area contributed by atoms with Crippen molar-refractivity contribution in [1.29, 1.82) is 0 Å². The lowest BCUT2D eigenvalue weighted by Gasteiger charge is -2.09. The zero-order valence-electron chi connectivity index (χ0n) is 8.49. The van der Waals surface area contributed by atoms with Crippen molar-refractivity contribution in [3.63, 3.8) is 0 Å². The Labute approximate surface area is 101 Å². The molecule has 0 saturated heterocycles. The average molecular weight is 254 g/mol. The molecule has 0 aliphatic carbocycles. The summed E-state index contributed by atoms with van der Waals surface area (Å²) in [6.07, 6.45) is 3.11. The van der Waals surface area contributed by atoms with E-state index in [0.717, 1.165) is 4.57 Å². The van der Waals surface area contributed by atoms with Crippen LogP contribution in [0.15, 0.2) is 31.0 Å². The van der Waals surface area contributed by atoms with Crippen molar-refractivity contribution in [2.75, 3.05) is 0 Å². The van der Waals surface area contributed by atoms with Gasteiger partial charge in [0.15, 0.2) is 0 Å². The number of aromatic nitrogens is 3. The van der Waals surface area contributed by atoms with Gasteiger partial charge in [0, 0.05) is 29.7 Å². The van der Waals surface area contributed by atoms with Crippen LogP contribution in [0.3, 0.4) is 0 Å². The highest BCUT2D eigenvalue weighted by Gasteiger charge is 2.17. The molecule has 0 aliphatic rings. The van der Waals surface area contributed by atoms with Crippen LogP contribution in [-0.2, 0) is 0 Å². The van der Waals surface area contributed by atoms with Crippen molar-refractivity contribution in [2.24, 2.45) is 0 Å². The van der Waals surface area contributed by atoms with Gasteiger partial charge in [-0.25, -0.2) is 14.8 Å². The van der Waals surface area contributed by atoms with Crippen LogP contribution in [0.2, 0.25) is 5.15 Å². The number of carboxylic acid groups (broad SMARTS) is 1. The Morgan fingerprint density at radius 3 is 2.88 bits per heavy atom. The minimum absolute atomic E-state index is 0.135. The zero-order valence-corrected chi connectivity index (χ0v) is 9.24. The summed E-state index contributed by atoms with van der Waals surface area (Å²) in [5.74, 6) is 0. The first-order valence-corrected chi connectivity index (χ1v) is 5.02. The first-order chi connectivity index (χ1) is 8.09. The van der Waals surface area contributed by atoms with Crippen molar-refractivity contribution in [1.82, 2.24) is 14.5 Å². The topological polar surface area (TPSA) is 88.2 Å². The molecule has 1 atom stereocenters. The summed E-state index contributed by atoms with van der Waals surface area (Å²) in [6.45, 7) is 0. The molecule has 2 heterocycles. The number of hydrogen-bond donors (Lipinski definition) is 2. The van der Waals surface area contributed by atoms with Gasteiger partial charge in [-0.05, 0) is 6.07 Å². The third kappa shape index (κ3) is 2.27. The fourth-order valence-corrected chi connectivity index (χ4v) is 1.58. The lowest BCUT2D eigenvalue weighted by molar-refractivity contribution is 0.196. The SMILES string of the molecule is O=C(O)n1ccc(C(O)c2cncnc2Cl)c1. The molecule has 17 heavy (non-hydrogen) atoms. The van der Waals surface area contributed by atoms with Crippen molar-refractivity contribution in [3.8, 4) is 0 Å². The van der Waals surface area contributed by atoms with Gasteiger partial charge in [0.2, 0.25) is 0 Å². The van der Waals surface area contributed by atoms with Crippen LogP contribution < -0.4 is 0 Å². The monoisotopic (exact) mass is 253 g/mol. The number of carbonyl (C=O) groups is 1. The number of aliphatic hydroxyl groups is 1. The lowest BCUT2D eigenvalue weighted by Crippen LogP contribution is -2.05. The summed E-state index contributed by atoms with van der Waals surface area (Å²) in [4.78, 5) is 18.2. The maximum absolute atomic E-state index is 10.7.